The van der Waals surface area contributed by atoms with Crippen molar-refractivity contribution in [2.75, 3.05) is 19.7 Å². The number of aliphatic hydroxyl groups is 2. The van der Waals surface area contributed by atoms with Crippen LogP contribution in [0.3, 0.4) is 0 Å². The van der Waals surface area contributed by atoms with E-state index >= 15 is 0 Å². The molecule has 0 heterocycles. The topological polar surface area (TPSA) is 77.8 Å². The minimum atomic E-state index is -3.75. The summed E-state index contributed by atoms with van der Waals surface area (Å²) in [5.41, 5.74) is 1.07. The molecule has 0 radical (unpaired) electrons. The van der Waals surface area contributed by atoms with E-state index in [0.717, 1.165) is 4.31 Å². The molecule has 0 unspecified atom stereocenters. The molecule has 112 valence electrons. The molecule has 7 heteroatoms. The van der Waals surface area contributed by atoms with Crippen LogP contribution in [-0.4, -0.2) is 42.6 Å². The molecule has 1 rings (SSSR count). The molecule has 0 spiro atoms. The first-order valence-electron chi connectivity index (χ1n) is 6.00. The summed E-state index contributed by atoms with van der Waals surface area (Å²) < 4.78 is 27.0. The molecular formula is C13H18BrNO4S. The fraction of sp³-hybridized carbons (Fsp3) is 0.385. The van der Waals surface area contributed by atoms with Gasteiger partial charge in [0, 0.05) is 17.6 Å². The Morgan fingerprint density at radius 3 is 2.55 bits per heavy atom. The molecule has 0 saturated heterocycles. The fourth-order valence-electron chi connectivity index (χ4n) is 1.77. The lowest BCUT2D eigenvalue weighted by atomic mass is 10.2. The average Bonchev–Trinajstić information content (AvgIpc) is 2.41. The van der Waals surface area contributed by atoms with Gasteiger partial charge in [-0.2, -0.15) is 4.31 Å². The maximum Gasteiger partial charge on any atom is 0.243 e. The van der Waals surface area contributed by atoms with Crippen molar-refractivity contribution in [1.82, 2.24) is 4.31 Å². The zero-order valence-electron chi connectivity index (χ0n) is 11.2. The predicted molar refractivity (Wildman–Crippen MR) is 80.8 cm³/mol. The number of aliphatic hydroxyl groups excluding tert-OH is 2. The molecule has 0 fully saturated rings. The third-order valence-electron chi connectivity index (χ3n) is 2.84. The first-order chi connectivity index (χ1) is 9.38. The second kappa shape index (κ2) is 7.33. The first-order valence-corrected chi connectivity index (χ1v) is 8.23. The summed E-state index contributed by atoms with van der Waals surface area (Å²) in [7, 11) is -3.75. The lowest BCUT2D eigenvalue weighted by Gasteiger charge is -2.21. The van der Waals surface area contributed by atoms with Crippen molar-refractivity contribution in [1.29, 1.82) is 0 Å². The third kappa shape index (κ3) is 3.67. The van der Waals surface area contributed by atoms with Crippen LogP contribution in [0.2, 0.25) is 0 Å². The molecule has 2 N–H and O–H groups in total. The molecule has 5 nitrogen and oxygen atoms in total. The first kappa shape index (κ1) is 17.3. The summed E-state index contributed by atoms with van der Waals surface area (Å²) in [5.74, 6) is 0. The van der Waals surface area contributed by atoms with E-state index in [4.69, 9.17) is 5.11 Å². The smallest absolute Gasteiger partial charge is 0.243 e. The maximum atomic E-state index is 12.6. The number of halogens is 1. The highest BCUT2D eigenvalue weighted by atomic mass is 79.9. The molecule has 0 aliphatic heterocycles. The van der Waals surface area contributed by atoms with Gasteiger partial charge in [0.05, 0.1) is 18.1 Å². The Morgan fingerprint density at radius 2 is 2.05 bits per heavy atom. The minimum absolute atomic E-state index is 0.00519. The highest BCUT2D eigenvalue weighted by Gasteiger charge is 2.26. The van der Waals surface area contributed by atoms with Crippen molar-refractivity contribution in [3.8, 4) is 0 Å². The van der Waals surface area contributed by atoms with Crippen LogP contribution in [0.4, 0.5) is 0 Å². The molecule has 0 atom stereocenters. The Kier molecular flexibility index (Phi) is 6.35. The van der Waals surface area contributed by atoms with Gasteiger partial charge in [-0.1, -0.05) is 22.0 Å². The second-order valence-corrected chi connectivity index (χ2v) is 6.99. The van der Waals surface area contributed by atoms with Crippen LogP contribution in [0.1, 0.15) is 11.1 Å². The number of nitrogens with zero attached hydrogens (tertiary/aromatic N) is 1. The van der Waals surface area contributed by atoms with E-state index in [2.05, 4.69) is 22.5 Å². The SMILES string of the molecule is C=CCN(CCO)S(=O)(=O)c1cc(CO)cc(Br)c1C. The molecule has 0 bridgehead atoms. The third-order valence-corrected chi connectivity index (χ3v) is 5.65. The molecule has 1 aromatic rings. The van der Waals surface area contributed by atoms with Crippen LogP contribution in [0.15, 0.2) is 34.2 Å². The van der Waals surface area contributed by atoms with Crippen LogP contribution in [-0.2, 0) is 16.6 Å². The lowest BCUT2D eigenvalue weighted by Crippen LogP contribution is -2.34. The van der Waals surface area contributed by atoms with E-state index in [9.17, 15) is 13.5 Å². The minimum Gasteiger partial charge on any atom is -0.395 e. The van der Waals surface area contributed by atoms with E-state index in [1.807, 2.05) is 0 Å². The van der Waals surface area contributed by atoms with Gasteiger partial charge in [-0.05, 0) is 30.2 Å². The summed E-state index contributed by atoms with van der Waals surface area (Å²) in [6, 6.07) is 3.13. The Labute approximate surface area is 127 Å². The molecule has 0 aromatic heterocycles. The molecule has 20 heavy (non-hydrogen) atoms. The van der Waals surface area contributed by atoms with Gasteiger partial charge in [-0.3, -0.25) is 0 Å². The van der Waals surface area contributed by atoms with Gasteiger partial charge in [0.1, 0.15) is 0 Å². The normalized spacial score (nSPS) is 11.8. The van der Waals surface area contributed by atoms with Crippen molar-refractivity contribution in [3.05, 3.63) is 40.4 Å². The number of sulfonamides is 1. The van der Waals surface area contributed by atoms with Crippen LogP contribution in [0, 0.1) is 6.92 Å². The molecule has 0 saturated carbocycles. The van der Waals surface area contributed by atoms with Gasteiger partial charge in [-0.15, -0.1) is 6.58 Å². The number of hydrogen-bond donors (Lipinski definition) is 2. The molecule has 1 aromatic carbocycles. The second-order valence-electron chi connectivity index (χ2n) is 4.23. The van der Waals surface area contributed by atoms with Crippen molar-refractivity contribution >= 4 is 26.0 Å². The lowest BCUT2D eigenvalue weighted by molar-refractivity contribution is 0.260. The molecule has 0 aliphatic carbocycles. The highest BCUT2D eigenvalue weighted by molar-refractivity contribution is 9.10. The van der Waals surface area contributed by atoms with Gasteiger partial charge >= 0.3 is 0 Å². The van der Waals surface area contributed by atoms with E-state index in [-0.39, 0.29) is 31.2 Å². The molecular weight excluding hydrogens is 346 g/mol. The molecule has 0 amide bonds. The Bertz CT molecular complexity index is 586. The van der Waals surface area contributed by atoms with Gasteiger partial charge in [0.25, 0.3) is 0 Å². The van der Waals surface area contributed by atoms with E-state index in [1.165, 1.54) is 12.1 Å². The average molecular weight is 364 g/mol. The Morgan fingerprint density at radius 1 is 1.40 bits per heavy atom. The summed E-state index contributed by atoms with van der Waals surface area (Å²) in [4.78, 5) is 0.117. The van der Waals surface area contributed by atoms with Crippen LogP contribution < -0.4 is 0 Å². The molecule has 0 aliphatic rings. The highest BCUT2D eigenvalue weighted by Crippen LogP contribution is 2.28. The van der Waals surface area contributed by atoms with Crippen LogP contribution >= 0.6 is 15.9 Å². The zero-order chi connectivity index (χ0) is 15.3. The largest absolute Gasteiger partial charge is 0.395 e. The number of benzene rings is 1. The predicted octanol–water partition coefficient (Wildman–Crippen LogP) is 1.42. The van der Waals surface area contributed by atoms with Crippen LogP contribution in [0.25, 0.3) is 0 Å². The van der Waals surface area contributed by atoms with Gasteiger partial charge in [0.2, 0.25) is 10.0 Å². The summed E-state index contributed by atoms with van der Waals surface area (Å²) >= 11 is 3.29. The van der Waals surface area contributed by atoms with Gasteiger partial charge < -0.3 is 10.2 Å². The number of hydrogen-bond acceptors (Lipinski definition) is 4. The van der Waals surface area contributed by atoms with E-state index < -0.39 is 10.0 Å². The van der Waals surface area contributed by atoms with Gasteiger partial charge in [0.15, 0.2) is 0 Å². The van der Waals surface area contributed by atoms with Gasteiger partial charge in [-0.25, -0.2) is 8.42 Å². The van der Waals surface area contributed by atoms with Crippen LogP contribution in [0.5, 0.6) is 0 Å². The summed E-state index contributed by atoms with van der Waals surface area (Å²) in [5, 5.41) is 18.2. The number of rotatable bonds is 7. The van der Waals surface area contributed by atoms with E-state index in [0.29, 0.717) is 15.6 Å². The zero-order valence-corrected chi connectivity index (χ0v) is 13.6. The van der Waals surface area contributed by atoms with Crippen molar-refractivity contribution in [2.45, 2.75) is 18.4 Å². The van der Waals surface area contributed by atoms with Crippen molar-refractivity contribution < 1.29 is 18.6 Å². The summed E-state index contributed by atoms with van der Waals surface area (Å²) in [6.45, 7) is 4.80. The van der Waals surface area contributed by atoms with Crippen molar-refractivity contribution in [3.63, 3.8) is 0 Å². The Hall–Kier alpha value is -0.730. The van der Waals surface area contributed by atoms with Crippen molar-refractivity contribution in [2.24, 2.45) is 0 Å². The Balaban J connectivity index is 3.39. The monoisotopic (exact) mass is 363 g/mol. The standard InChI is InChI=1S/C13H18BrNO4S/c1-3-4-15(5-6-16)20(18,19)13-8-11(9-17)7-12(14)10(13)2/h3,7-8,16-17H,1,4-6,9H2,2H3. The fourth-order valence-corrected chi connectivity index (χ4v) is 4.11. The van der Waals surface area contributed by atoms with E-state index in [1.54, 1.807) is 13.0 Å². The maximum absolute atomic E-state index is 12.6. The quantitative estimate of drug-likeness (QED) is 0.718. The summed E-state index contributed by atoms with van der Waals surface area (Å²) in [6.07, 6.45) is 1.47.